The highest BCUT2D eigenvalue weighted by Gasteiger charge is 2.57. The topological polar surface area (TPSA) is 131 Å². The van der Waals surface area contributed by atoms with Gasteiger partial charge in [0.25, 0.3) is 5.69 Å². The summed E-state index contributed by atoms with van der Waals surface area (Å²) in [6, 6.07) is 3.10. The van der Waals surface area contributed by atoms with Gasteiger partial charge in [0.2, 0.25) is 11.8 Å². The standard InChI is InChI=1S/C20H22N4O6/c1-10(21-20(27)22-14-9-13(24(28)29)7-8-15(14)30-2)23-18(25)16-11-3-4-12(6-5-11)17(16)19(23)26/h3-4,7-12,16-17H,5-6H2,1-2H3,(H2,21,22,27)/t10-,11-,12-,16-,17-/m0/s1. The van der Waals surface area contributed by atoms with Crippen LogP contribution in [0.25, 0.3) is 0 Å². The number of fused-ring (bicyclic) bond motifs is 1. The van der Waals surface area contributed by atoms with Gasteiger partial charge in [0.15, 0.2) is 0 Å². The van der Waals surface area contributed by atoms with Crippen LogP contribution in [0.3, 0.4) is 0 Å². The van der Waals surface area contributed by atoms with Crippen molar-refractivity contribution in [2.75, 3.05) is 12.4 Å². The molecule has 30 heavy (non-hydrogen) atoms. The first kappa shape index (κ1) is 19.9. The highest BCUT2D eigenvalue weighted by molar-refractivity contribution is 6.06. The van der Waals surface area contributed by atoms with Crippen molar-refractivity contribution in [1.82, 2.24) is 10.2 Å². The number of amides is 4. The number of carbonyl (C=O) groups excluding carboxylic acids is 3. The van der Waals surface area contributed by atoms with Crippen molar-refractivity contribution in [3.63, 3.8) is 0 Å². The molecule has 3 aliphatic carbocycles. The minimum atomic E-state index is -0.861. The molecule has 0 unspecified atom stereocenters. The molecule has 10 nitrogen and oxygen atoms in total. The molecule has 0 aromatic heterocycles. The number of urea groups is 1. The summed E-state index contributed by atoms with van der Waals surface area (Å²) >= 11 is 0. The maximum absolute atomic E-state index is 12.9. The van der Waals surface area contributed by atoms with Gasteiger partial charge in [-0.15, -0.1) is 0 Å². The average molecular weight is 414 g/mol. The normalized spacial score (nSPS) is 27.6. The predicted octanol–water partition coefficient (Wildman–Crippen LogP) is 2.27. The second kappa shape index (κ2) is 7.43. The van der Waals surface area contributed by atoms with E-state index in [4.69, 9.17) is 4.74 Å². The Labute approximate surface area is 172 Å². The van der Waals surface area contributed by atoms with Crippen LogP contribution in [0.15, 0.2) is 30.4 Å². The molecular formula is C20H22N4O6. The monoisotopic (exact) mass is 414 g/mol. The Morgan fingerprint density at radius 1 is 1.20 bits per heavy atom. The van der Waals surface area contributed by atoms with E-state index >= 15 is 0 Å². The van der Waals surface area contributed by atoms with Gasteiger partial charge in [0.05, 0.1) is 29.6 Å². The summed E-state index contributed by atoms with van der Waals surface area (Å²) in [5, 5.41) is 16.1. The summed E-state index contributed by atoms with van der Waals surface area (Å²) in [5.74, 6) is -0.857. The molecule has 1 aromatic rings. The van der Waals surface area contributed by atoms with Gasteiger partial charge in [0.1, 0.15) is 11.9 Å². The first-order valence-electron chi connectivity index (χ1n) is 9.77. The van der Waals surface area contributed by atoms with E-state index in [2.05, 4.69) is 10.6 Å². The van der Waals surface area contributed by atoms with Gasteiger partial charge in [0, 0.05) is 12.1 Å². The van der Waals surface area contributed by atoms with Crippen molar-refractivity contribution in [1.29, 1.82) is 0 Å². The second-order valence-electron chi connectivity index (χ2n) is 7.80. The Morgan fingerprint density at radius 3 is 2.30 bits per heavy atom. The molecule has 1 aliphatic heterocycles. The number of non-ortho nitro benzene ring substituents is 1. The molecule has 4 amide bonds. The lowest BCUT2D eigenvalue weighted by atomic mass is 9.63. The van der Waals surface area contributed by atoms with E-state index in [1.807, 2.05) is 12.2 Å². The fraction of sp³-hybridized carbons (Fsp3) is 0.450. The number of nitro groups is 1. The van der Waals surface area contributed by atoms with Crippen molar-refractivity contribution < 1.29 is 24.0 Å². The molecule has 2 N–H and O–H groups in total. The molecule has 2 fully saturated rings. The third-order valence-corrected chi connectivity index (χ3v) is 6.16. The Bertz CT molecular complexity index is 929. The van der Waals surface area contributed by atoms with E-state index in [9.17, 15) is 24.5 Å². The second-order valence-corrected chi connectivity index (χ2v) is 7.80. The minimum Gasteiger partial charge on any atom is -0.495 e. The number of nitrogens with zero attached hydrogens (tertiary/aromatic N) is 2. The minimum absolute atomic E-state index is 0.0663. The van der Waals surface area contributed by atoms with Gasteiger partial charge < -0.3 is 15.4 Å². The summed E-state index contributed by atoms with van der Waals surface area (Å²) in [4.78, 5) is 49.9. The lowest BCUT2D eigenvalue weighted by Crippen LogP contribution is -2.50. The number of hydrogen-bond acceptors (Lipinski definition) is 6. The van der Waals surface area contributed by atoms with Crippen LogP contribution in [-0.4, -0.2) is 40.9 Å². The third-order valence-electron chi connectivity index (χ3n) is 6.16. The Morgan fingerprint density at radius 2 is 1.80 bits per heavy atom. The van der Waals surface area contributed by atoms with Gasteiger partial charge in [-0.05, 0) is 37.7 Å². The third kappa shape index (κ3) is 3.17. The summed E-state index contributed by atoms with van der Waals surface area (Å²) in [6.45, 7) is 1.56. The van der Waals surface area contributed by atoms with Crippen LogP contribution in [-0.2, 0) is 9.59 Å². The Hall–Kier alpha value is -3.43. The van der Waals surface area contributed by atoms with Gasteiger partial charge in [-0.1, -0.05) is 12.2 Å². The SMILES string of the molecule is COc1ccc([N+](=O)[O-])cc1NC(=O)N[C@H](C)N1C(=O)[C@@H]2[C@@H](C1=O)[C@H]1C=C[C@H]2CC1. The lowest BCUT2D eigenvalue weighted by molar-refractivity contribution is -0.384. The first-order chi connectivity index (χ1) is 14.3. The van der Waals surface area contributed by atoms with E-state index in [0.29, 0.717) is 0 Å². The zero-order valence-corrected chi connectivity index (χ0v) is 16.5. The van der Waals surface area contributed by atoms with Gasteiger partial charge in [-0.3, -0.25) is 24.6 Å². The number of likely N-dealkylation sites (tertiary alicyclic amines) is 1. The zero-order chi connectivity index (χ0) is 21.6. The molecule has 4 aliphatic rings. The highest BCUT2D eigenvalue weighted by atomic mass is 16.6. The largest absolute Gasteiger partial charge is 0.495 e. The molecule has 0 radical (unpaired) electrons. The van der Waals surface area contributed by atoms with Crippen LogP contribution < -0.4 is 15.4 Å². The number of allylic oxidation sites excluding steroid dienone is 2. The van der Waals surface area contributed by atoms with E-state index in [1.54, 1.807) is 6.92 Å². The van der Waals surface area contributed by atoms with Crippen LogP contribution in [0.5, 0.6) is 5.75 Å². The summed E-state index contributed by atoms with van der Waals surface area (Å²) in [7, 11) is 1.37. The Balaban J connectivity index is 1.47. The molecule has 158 valence electrons. The number of carbonyl (C=O) groups is 3. The van der Waals surface area contributed by atoms with Crippen molar-refractivity contribution >= 4 is 29.2 Å². The number of ether oxygens (including phenoxy) is 1. The van der Waals surface area contributed by atoms with E-state index < -0.39 is 17.1 Å². The van der Waals surface area contributed by atoms with Crippen LogP contribution in [0.1, 0.15) is 19.8 Å². The number of anilines is 1. The molecule has 2 bridgehead atoms. The molecule has 5 atom stereocenters. The van der Waals surface area contributed by atoms with Gasteiger partial charge in [-0.2, -0.15) is 0 Å². The van der Waals surface area contributed by atoms with Crippen LogP contribution in [0.4, 0.5) is 16.2 Å². The Kier molecular flexibility index (Phi) is 4.92. The number of nitrogens with one attached hydrogen (secondary N) is 2. The molecule has 1 heterocycles. The van der Waals surface area contributed by atoms with Crippen LogP contribution in [0.2, 0.25) is 0 Å². The first-order valence-corrected chi connectivity index (χ1v) is 9.77. The van der Waals surface area contributed by atoms with Crippen LogP contribution in [0, 0.1) is 33.8 Å². The average Bonchev–Trinajstić information content (AvgIpc) is 3.01. The van der Waals surface area contributed by atoms with Crippen molar-refractivity contribution in [2.24, 2.45) is 23.7 Å². The summed E-state index contributed by atoms with van der Waals surface area (Å²) in [5.41, 5.74) is -0.109. The number of nitro benzene ring substituents is 1. The van der Waals surface area contributed by atoms with Crippen molar-refractivity contribution in [3.05, 3.63) is 40.5 Å². The highest BCUT2D eigenvalue weighted by Crippen LogP contribution is 2.49. The zero-order valence-electron chi connectivity index (χ0n) is 16.5. The molecule has 10 heteroatoms. The number of methoxy groups -OCH3 is 1. The summed E-state index contributed by atoms with van der Waals surface area (Å²) < 4.78 is 5.12. The molecule has 1 saturated carbocycles. The smallest absolute Gasteiger partial charge is 0.320 e. The van der Waals surface area contributed by atoms with Gasteiger partial charge in [-0.25, -0.2) is 4.79 Å². The molecule has 1 saturated heterocycles. The number of hydrogen-bond donors (Lipinski definition) is 2. The molecule has 5 rings (SSSR count). The predicted molar refractivity (Wildman–Crippen MR) is 105 cm³/mol. The maximum atomic E-state index is 12.9. The molecular weight excluding hydrogens is 392 g/mol. The quantitative estimate of drug-likeness (QED) is 0.329. The molecule has 1 aromatic carbocycles. The van der Waals surface area contributed by atoms with Gasteiger partial charge >= 0.3 is 6.03 Å². The number of imide groups is 1. The molecule has 0 spiro atoms. The maximum Gasteiger partial charge on any atom is 0.320 e. The number of rotatable bonds is 5. The fourth-order valence-corrected chi connectivity index (χ4v) is 4.80. The van der Waals surface area contributed by atoms with Crippen LogP contribution >= 0.6 is 0 Å². The number of benzene rings is 1. The summed E-state index contributed by atoms with van der Waals surface area (Å²) in [6.07, 6.45) is 4.99. The van der Waals surface area contributed by atoms with E-state index in [1.165, 1.54) is 25.3 Å². The lowest BCUT2D eigenvalue weighted by Gasteiger charge is -2.38. The van der Waals surface area contributed by atoms with E-state index in [0.717, 1.165) is 17.7 Å². The fourth-order valence-electron chi connectivity index (χ4n) is 4.80. The van der Waals surface area contributed by atoms with Crippen molar-refractivity contribution in [3.8, 4) is 5.75 Å². The van der Waals surface area contributed by atoms with E-state index in [-0.39, 0.29) is 52.6 Å². The van der Waals surface area contributed by atoms with Crippen molar-refractivity contribution in [2.45, 2.75) is 25.9 Å².